The summed E-state index contributed by atoms with van der Waals surface area (Å²) in [6.45, 7) is -1.09. The third-order valence-electron chi connectivity index (χ3n) is 4.48. The monoisotopic (exact) mass is 451 g/mol. The molecule has 2 fully saturated rings. The molecule has 0 aliphatic carbocycles. The van der Waals surface area contributed by atoms with Crippen molar-refractivity contribution in [3.05, 3.63) is 22.7 Å². The molecule has 1 aromatic heterocycles. The molecule has 3 heterocycles. The van der Waals surface area contributed by atoms with Crippen molar-refractivity contribution in [1.29, 1.82) is 0 Å². The van der Waals surface area contributed by atoms with Crippen LogP contribution in [0.25, 0.3) is 0 Å². The smallest absolute Gasteiger partial charge is 0.395 e. The van der Waals surface area contributed by atoms with Gasteiger partial charge in [0.15, 0.2) is 6.17 Å². The number of aromatic nitrogens is 2. The maximum absolute atomic E-state index is 15.0. The number of aliphatic hydroxyl groups excluding tert-OH is 2. The molecule has 0 bridgehead atoms. The van der Waals surface area contributed by atoms with E-state index >= 15 is 0 Å². The van der Waals surface area contributed by atoms with E-state index in [-0.39, 0.29) is 12.2 Å². The SMILES string of the molecule is [B][C@H]1C[C@H](O)[C@@H](COP(=O)(O)O[C@H]2[C@H](F)[C@H](n3ccc(N)nc3=O)S[C@@H]2CO)O1. The fourth-order valence-electron chi connectivity index (χ4n) is 3.07. The topological polar surface area (TPSA) is 166 Å². The van der Waals surface area contributed by atoms with Crippen LogP contribution in [0.15, 0.2) is 17.1 Å². The van der Waals surface area contributed by atoms with Crippen molar-refractivity contribution in [1.82, 2.24) is 9.55 Å². The number of phosphoric acid groups is 1. The van der Waals surface area contributed by atoms with Crippen molar-refractivity contribution in [3.8, 4) is 0 Å². The maximum atomic E-state index is 15.0. The average Bonchev–Trinajstić information content (AvgIpc) is 3.12. The zero-order valence-electron chi connectivity index (χ0n) is 15.0. The molecule has 11 nitrogen and oxygen atoms in total. The number of rotatable bonds is 7. The average molecular weight is 451 g/mol. The van der Waals surface area contributed by atoms with Crippen molar-refractivity contribution in [2.45, 2.75) is 47.5 Å². The molecule has 3 rings (SSSR count). The van der Waals surface area contributed by atoms with Crippen LogP contribution in [0.5, 0.6) is 0 Å². The molecular formula is C14H20BFN3O8PS. The van der Waals surface area contributed by atoms with Crippen molar-refractivity contribution in [3.63, 3.8) is 0 Å². The minimum atomic E-state index is -4.79. The van der Waals surface area contributed by atoms with E-state index in [1.807, 2.05) is 0 Å². The number of alkyl halides is 1. The number of aliphatic hydroxyl groups is 2. The number of nitrogens with two attached hydrogens (primary N) is 1. The summed E-state index contributed by atoms with van der Waals surface area (Å²) in [6.07, 6.45) is -4.04. The molecular weight excluding hydrogens is 431 g/mol. The van der Waals surface area contributed by atoms with Crippen LogP contribution >= 0.6 is 19.6 Å². The molecule has 8 atom stereocenters. The first-order valence-corrected chi connectivity index (χ1v) is 11.0. The van der Waals surface area contributed by atoms with Crippen LogP contribution in [0, 0.1) is 0 Å². The predicted molar refractivity (Wildman–Crippen MR) is 101 cm³/mol. The van der Waals surface area contributed by atoms with Crippen LogP contribution in [0.3, 0.4) is 0 Å². The lowest BCUT2D eigenvalue weighted by atomic mass is 9.96. The molecule has 1 aromatic rings. The molecule has 160 valence electrons. The van der Waals surface area contributed by atoms with E-state index < -0.39 is 67.8 Å². The number of nitrogen functional groups attached to an aromatic ring is 1. The first kappa shape index (κ1) is 22.7. The third kappa shape index (κ3) is 5.20. The predicted octanol–water partition coefficient (Wildman–Crippen LogP) is -1.08. The van der Waals surface area contributed by atoms with Crippen LogP contribution in [-0.2, 0) is 18.3 Å². The number of hydrogen-bond donors (Lipinski definition) is 4. The number of halogens is 1. The fraction of sp³-hybridized carbons (Fsp3) is 0.714. The van der Waals surface area contributed by atoms with Crippen LogP contribution in [0.2, 0.25) is 0 Å². The van der Waals surface area contributed by atoms with Crippen molar-refractivity contribution >= 4 is 33.2 Å². The molecule has 0 aromatic carbocycles. The lowest BCUT2D eigenvalue weighted by Crippen LogP contribution is -2.35. The number of nitrogens with zero attached hydrogens (tertiary/aromatic N) is 2. The summed E-state index contributed by atoms with van der Waals surface area (Å²) in [5.74, 6) is -0.0412. The van der Waals surface area contributed by atoms with Gasteiger partial charge < -0.3 is 25.6 Å². The Hall–Kier alpha value is -0.985. The number of anilines is 1. The zero-order chi connectivity index (χ0) is 21.3. The van der Waals surface area contributed by atoms with Gasteiger partial charge in [-0.3, -0.25) is 13.6 Å². The number of hydrogen-bond acceptors (Lipinski definition) is 10. The highest BCUT2D eigenvalue weighted by Crippen LogP contribution is 2.53. The van der Waals surface area contributed by atoms with Gasteiger partial charge in [-0.05, 0) is 12.5 Å². The number of thioether (sulfide) groups is 1. The summed E-state index contributed by atoms with van der Waals surface area (Å²) in [4.78, 5) is 25.4. The van der Waals surface area contributed by atoms with Gasteiger partial charge in [-0.15, -0.1) is 11.8 Å². The molecule has 1 unspecified atom stereocenters. The van der Waals surface area contributed by atoms with Gasteiger partial charge in [0.25, 0.3) is 0 Å². The van der Waals surface area contributed by atoms with Crippen LogP contribution in [0.1, 0.15) is 11.8 Å². The van der Waals surface area contributed by atoms with Crippen molar-refractivity contribution in [2.24, 2.45) is 0 Å². The summed E-state index contributed by atoms with van der Waals surface area (Å²) in [5, 5.41) is 17.1. The molecule has 0 spiro atoms. The van der Waals surface area contributed by atoms with Gasteiger partial charge in [-0.2, -0.15) is 4.98 Å². The molecule has 15 heteroatoms. The molecule has 0 saturated carbocycles. The largest absolute Gasteiger partial charge is 0.472 e. The second-order valence-corrected chi connectivity index (χ2v) is 9.35. The Balaban J connectivity index is 1.68. The van der Waals surface area contributed by atoms with Crippen molar-refractivity contribution in [2.75, 3.05) is 18.9 Å². The third-order valence-corrected chi connectivity index (χ3v) is 7.00. The Labute approximate surface area is 170 Å². The molecule has 2 aliphatic rings. The molecule has 2 radical (unpaired) electrons. The van der Waals surface area contributed by atoms with Crippen LogP contribution in [0.4, 0.5) is 10.2 Å². The summed E-state index contributed by atoms with van der Waals surface area (Å²) in [6, 6.07) is 0.569. The second-order valence-electron chi connectivity index (χ2n) is 6.58. The second kappa shape index (κ2) is 9.02. The van der Waals surface area contributed by atoms with Gasteiger partial charge in [-0.1, -0.05) is 0 Å². The van der Waals surface area contributed by atoms with Gasteiger partial charge in [0.2, 0.25) is 0 Å². The lowest BCUT2D eigenvalue weighted by Gasteiger charge is -2.23. The summed E-state index contributed by atoms with van der Waals surface area (Å²) >= 11 is 0.848. The Kier molecular flexibility index (Phi) is 7.06. The van der Waals surface area contributed by atoms with E-state index in [1.54, 1.807) is 0 Å². The van der Waals surface area contributed by atoms with Gasteiger partial charge in [0, 0.05) is 12.2 Å². The van der Waals surface area contributed by atoms with Crippen LogP contribution < -0.4 is 11.4 Å². The Morgan fingerprint density at radius 1 is 1.55 bits per heavy atom. The van der Waals surface area contributed by atoms with E-state index in [2.05, 4.69) is 4.98 Å². The van der Waals surface area contributed by atoms with Gasteiger partial charge >= 0.3 is 13.5 Å². The molecule has 0 amide bonds. The van der Waals surface area contributed by atoms with E-state index in [4.69, 9.17) is 27.4 Å². The minimum absolute atomic E-state index is 0.0412. The fourth-order valence-corrected chi connectivity index (χ4v) is 5.52. The van der Waals surface area contributed by atoms with Crippen molar-refractivity contribution < 1.29 is 37.8 Å². The first-order chi connectivity index (χ1) is 13.6. The normalized spacial score (nSPS) is 36.9. The highest BCUT2D eigenvalue weighted by Gasteiger charge is 2.50. The Morgan fingerprint density at radius 3 is 2.86 bits per heavy atom. The highest BCUT2D eigenvalue weighted by atomic mass is 32.2. The maximum Gasteiger partial charge on any atom is 0.472 e. The minimum Gasteiger partial charge on any atom is -0.395 e. The van der Waals surface area contributed by atoms with Gasteiger partial charge in [0.05, 0.1) is 24.6 Å². The Bertz CT molecular complexity index is 836. The lowest BCUT2D eigenvalue weighted by molar-refractivity contribution is -0.0159. The van der Waals surface area contributed by atoms with E-state index in [0.717, 1.165) is 16.3 Å². The zero-order valence-corrected chi connectivity index (χ0v) is 16.7. The summed E-state index contributed by atoms with van der Waals surface area (Å²) in [7, 11) is 0.726. The quantitative estimate of drug-likeness (QED) is 0.294. The Morgan fingerprint density at radius 2 is 2.28 bits per heavy atom. The van der Waals surface area contributed by atoms with Gasteiger partial charge in [0.1, 0.15) is 31.2 Å². The molecule has 2 saturated heterocycles. The number of ether oxygens (including phenoxy) is 1. The highest BCUT2D eigenvalue weighted by molar-refractivity contribution is 8.00. The molecule has 29 heavy (non-hydrogen) atoms. The van der Waals surface area contributed by atoms with Gasteiger partial charge in [-0.25, -0.2) is 13.8 Å². The van der Waals surface area contributed by atoms with E-state index in [0.29, 0.717) is 0 Å². The summed E-state index contributed by atoms with van der Waals surface area (Å²) < 4.78 is 43.1. The molecule has 5 N–H and O–H groups in total. The summed E-state index contributed by atoms with van der Waals surface area (Å²) in [5.41, 5.74) is 4.61. The van der Waals surface area contributed by atoms with Crippen LogP contribution in [-0.4, -0.2) is 81.5 Å². The van der Waals surface area contributed by atoms with E-state index in [1.165, 1.54) is 12.3 Å². The standard InChI is InChI=1S/C14H20BFN3O8PS/c15-9-3-6(21)7(26-9)5-25-28(23,24)27-12-8(4-20)29-13(11(12)16)19-2-1-10(17)18-14(19)22/h1-2,6-9,11-13,20-21H,3-5H2,(H,23,24)(H2,17,18,22)/t6-,7+,8+,9+,11-,12+,13+/m0/s1. The first-order valence-electron chi connectivity index (χ1n) is 8.61. The number of phosphoric ester groups is 1. The van der Waals surface area contributed by atoms with E-state index in [9.17, 15) is 28.9 Å². The molecule has 2 aliphatic heterocycles.